The Labute approximate surface area is 122 Å². The van der Waals surface area contributed by atoms with Gasteiger partial charge in [0.1, 0.15) is 0 Å². The first-order chi connectivity index (χ1) is 9.63. The van der Waals surface area contributed by atoms with Crippen molar-refractivity contribution < 1.29 is 4.74 Å². The average Bonchev–Trinajstić information content (AvgIpc) is 2.74. The molecule has 114 valence electrons. The molecule has 2 atom stereocenters. The molecular weight excluding hydrogens is 252 g/mol. The molecule has 0 amide bonds. The van der Waals surface area contributed by atoms with Crippen LogP contribution in [0.1, 0.15) is 49.9 Å². The number of aryl methyl sites for hydroxylation is 2. The van der Waals surface area contributed by atoms with Crippen LogP contribution in [0.5, 0.6) is 5.88 Å². The second-order valence-electron chi connectivity index (χ2n) is 5.68. The van der Waals surface area contributed by atoms with Crippen LogP contribution >= 0.6 is 0 Å². The van der Waals surface area contributed by atoms with E-state index >= 15 is 0 Å². The number of aromatic nitrogens is 2. The van der Waals surface area contributed by atoms with Crippen LogP contribution in [0.15, 0.2) is 0 Å². The number of methoxy groups -OCH3 is 1. The van der Waals surface area contributed by atoms with E-state index in [9.17, 15) is 0 Å². The van der Waals surface area contributed by atoms with E-state index in [2.05, 4.69) is 16.9 Å². The molecule has 0 spiro atoms. The van der Waals surface area contributed by atoms with Gasteiger partial charge >= 0.3 is 0 Å². The van der Waals surface area contributed by atoms with E-state index in [0.717, 1.165) is 23.7 Å². The Morgan fingerprint density at radius 1 is 1.45 bits per heavy atom. The summed E-state index contributed by atoms with van der Waals surface area (Å²) in [4.78, 5) is 2.57. The molecule has 2 N–H and O–H groups in total. The van der Waals surface area contributed by atoms with Crippen molar-refractivity contribution in [3.8, 4) is 5.88 Å². The van der Waals surface area contributed by atoms with Gasteiger partial charge in [-0.15, -0.1) is 0 Å². The summed E-state index contributed by atoms with van der Waals surface area (Å²) < 4.78 is 7.38. The molecule has 0 saturated carbocycles. The summed E-state index contributed by atoms with van der Waals surface area (Å²) in [6, 6.07) is 0.838. The van der Waals surface area contributed by atoms with Gasteiger partial charge < -0.3 is 10.5 Å². The SMILES string of the molecule is CCC1CCCCN1C(CN)c1c(C)nn(C)c1OC. The van der Waals surface area contributed by atoms with Gasteiger partial charge in [0.2, 0.25) is 5.88 Å². The van der Waals surface area contributed by atoms with E-state index in [1.807, 2.05) is 18.7 Å². The van der Waals surface area contributed by atoms with Crippen molar-refractivity contribution in [2.75, 3.05) is 20.2 Å². The zero-order valence-electron chi connectivity index (χ0n) is 13.2. The maximum absolute atomic E-state index is 6.12. The lowest BCUT2D eigenvalue weighted by Gasteiger charge is -2.40. The van der Waals surface area contributed by atoms with E-state index in [4.69, 9.17) is 10.5 Å². The second kappa shape index (κ2) is 6.59. The lowest BCUT2D eigenvalue weighted by atomic mass is 9.95. The van der Waals surface area contributed by atoms with Crippen molar-refractivity contribution in [2.45, 2.75) is 51.6 Å². The third-order valence-electron chi connectivity index (χ3n) is 4.51. The van der Waals surface area contributed by atoms with Crippen molar-refractivity contribution in [1.29, 1.82) is 0 Å². The number of hydrogen-bond donors (Lipinski definition) is 1. The topological polar surface area (TPSA) is 56.3 Å². The molecule has 1 aromatic rings. The monoisotopic (exact) mass is 280 g/mol. The molecule has 1 saturated heterocycles. The highest BCUT2D eigenvalue weighted by Crippen LogP contribution is 2.35. The van der Waals surface area contributed by atoms with Crippen LogP contribution < -0.4 is 10.5 Å². The summed E-state index contributed by atoms with van der Waals surface area (Å²) in [6.07, 6.45) is 5.04. The predicted molar refractivity (Wildman–Crippen MR) is 80.9 cm³/mol. The number of nitrogens with two attached hydrogens (primary N) is 1. The summed E-state index contributed by atoms with van der Waals surface area (Å²) in [5, 5.41) is 4.51. The summed E-state index contributed by atoms with van der Waals surface area (Å²) in [5.41, 5.74) is 8.31. The minimum Gasteiger partial charge on any atom is -0.481 e. The Balaban J connectivity index is 2.36. The zero-order valence-corrected chi connectivity index (χ0v) is 13.2. The molecule has 5 nitrogen and oxygen atoms in total. The van der Waals surface area contributed by atoms with E-state index in [1.165, 1.54) is 25.7 Å². The number of ether oxygens (including phenoxy) is 1. The molecule has 0 bridgehead atoms. The van der Waals surface area contributed by atoms with Gasteiger partial charge in [0.25, 0.3) is 0 Å². The average molecular weight is 280 g/mol. The van der Waals surface area contributed by atoms with Gasteiger partial charge in [-0.2, -0.15) is 5.10 Å². The standard InChI is InChI=1S/C15H28N4O/c1-5-12-8-6-7-9-19(12)13(10-16)14-11(2)17-18(3)15(14)20-4/h12-13H,5-10,16H2,1-4H3. The molecule has 0 aliphatic carbocycles. The molecule has 2 rings (SSSR count). The molecule has 1 aromatic heterocycles. The molecule has 1 fully saturated rings. The largest absolute Gasteiger partial charge is 0.481 e. The lowest BCUT2D eigenvalue weighted by molar-refractivity contribution is 0.0930. The quantitative estimate of drug-likeness (QED) is 0.896. The summed E-state index contributed by atoms with van der Waals surface area (Å²) in [5.74, 6) is 0.846. The predicted octanol–water partition coefficient (Wildman–Crippen LogP) is 2.00. The van der Waals surface area contributed by atoms with E-state index in [1.54, 1.807) is 7.11 Å². The highest BCUT2D eigenvalue weighted by molar-refractivity contribution is 5.34. The van der Waals surface area contributed by atoms with Crippen molar-refractivity contribution in [2.24, 2.45) is 12.8 Å². The number of rotatable bonds is 5. The molecule has 1 aliphatic rings. The first kappa shape index (κ1) is 15.3. The molecule has 2 heterocycles. The van der Waals surface area contributed by atoms with Crippen LogP contribution in [0.25, 0.3) is 0 Å². The molecule has 0 aromatic carbocycles. The van der Waals surface area contributed by atoms with E-state index < -0.39 is 0 Å². The lowest BCUT2D eigenvalue weighted by Crippen LogP contribution is -2.44. The molecule has 0 radical (unpaired) electrons. The maximum atomic E-state index is 6.12. The maximum Gasteiger partial charge on any atom is 0.216 e. The van der Waals surface area contributed by atoms with Gasteiger partial charge in [0.05, 0.1) is 24.4 Å². The Bertz CT molecular complexity index is 443. The Morgan fingerprint density at radius 3 is 2.80 bits per heavy atom. The normalized spacial score (nSPS) is 21.9. The van der Waals surface area contributed by atoms with Crippen LogP contribution in [0, 0.1) is 6.92 Å². The summed E-state index contributed by atoms with van der Waals surface area (Å²) >= 11 is 0. The molecule has 20 heavy (non-hydrogen) atoms. The molecular formula is C15H28N4O. The van der Waals surface area contributed by atoms with Crippen LogP contribution in [-0.2, 0) is 7.05 Å². The van der Waals surface area contributed by atoms with Gasteiger partial charge in [-0.1, -0.05) is 13.3 Å². The summed E-state index contributed by atoms with van der Waals surface area (Å²) in [6.45, 7) is 6.05. The fourth-order valence-electron chi connectivity index (χ4n) is 3.57. The van der Waals surface area contributed by atoms with Gasteiger partial charge in [0, 0.05) is 19.6 Å². The first-order valence-corrected chi connectivity index (χ1v) is 7.67. The minimum absolute atomic E-state index is 0.212. The number of piperidine rings is 1. The Kier molecular flexibility index (Phi) is 5.05. The van der Waals surface area contributed by atoms with Crippen LogP contribution in [0.4, 0.5) is 0 Å². The summed E-state index contributed by atoms with van der Waals surface area (Å²) in [7, 11) is 3.64. The smallest absolute Gasteiger partial charge is 0.216 e. The third-order valence-corrected chi connectivity index (χ3v) is 4.51. The first-order valence-electron chi connectivity index (χ1n) is 7.67. The third kappa shape index (κ3) is 2.69. The van der Waals surface area contributed by atoms with Crippen molar-refractivity contribution in [3.63, 3.8) is 0 Å². The molecule has 1 aliphatic heterocycles. The highest BCUT2D eigenvalue weighted by Gasteiger charge is 2.32. The highest BCUT2D eigenvalue weighted by atomic mass is 16.5. The van der Waals surface area contributed by atoms with Gasteiger partial charge in [-0.3, -0.25) is 4.90 Å². The fraction of sp³-hybridized carbons (Fsp3) is 0.800. The molecule has 2 unspecified atom stereocenters. The van der Waals surface area contributed by atoms with Crippen LogP contribution in [0.3, 0.4) is 0 Å². The second-order valence-corrected chi connectivity index (χ2v) is 5.68. The minimum atomic E-state index is 0.212. The van der Waals surface area contributed by atoms with Gasteiger partial charge in [-0.25, -0.2) is 4.68 Å². The van der Waals surface area contributed by atoms with E-state index in [-0.39, 0.29) is 6.04 Å². The molecule has 5 heteroatoms. The zero-order chi connectivity index (χ0) is 14.7. The number of nitrogens with zero attached hydrogens (tertiary/aromatic N) is 3. The number of likely N-dealkylation sites (tertiary alicyclic amines) is 1. The van der Waals surface area contributed by atoms with E-state index in [0.29, 0.717) is 12.6 Å². The number of hydrogen-bond acceptors (Lipinski definition) is 4. The Hall–Kier alpha value is -1.07. The van der Waals surface area contributed by atoms with Crippen molar-refractivity contribution >= 4 is 0 Å². The van der Waals surface area contributed by atoms with Crippen LogP contribution in [0.2, 0.25) is 0 Å². The van der Waals surface area contributed by atoms with Crippen molar-refractivity contribution in [1.82, 2.24) is 14.7 Å². The van der Waals surface area contributed by atoms with Gasteiger partial charge in [0.15, 0.2) is 0 Å². The Morgan fingerprint density at radius 2 is 2.20 bits per heavy atom. The van der Waals surface area contributed by atoms with Crippen LogP contribution in [-0.4, -0.2) is 40.9 Å². The van der Waals surface area contributed by atoms with Gasteiger partial charge in [-0.05, 0) is 32.7 Å². The van der Waals surface area contributed by atoms with Crippen molar-refractivity contribution in [3.05, 3.63) is 11.3 Å². The fourth-order valence-corrected chi connectivity index (χ4v) is 3.57.